The molecule has 0 aromatic heterocycles. The lowest BCUT2D eigenvalue weighted by molar-refractivity contribution is -0.837. The summed E-state index contributed by atoms with van der Waals surface area (Å²) in [6.07, 6.45) is 13.2. The molecule has 0 radical (unpaired) electrons. The number of hydrogen-bond acceptors (Lipinski definition) is 2. The second-order valence-corrected chi connectivity index (χ2v) is 7.83. The van der Waals surface area contributed by atoms with Crippen molar-refractivity contribution in [3.63, 3.8) is 0 Å². The Kier molecular flexibility index (Phi) is 9.94. The molecule has 1 unspecified atom stereocenters. The fourth-order valence-electron chi connectivity index (χ4n) is 4.16. The standard InChI is InChI=1S/C23H39N2O/c1-2-3-4-5-6-7-8-9-13-17-25(19-20-26)18-16-24-23(25)21-22-14-11-10-12-15-22/h10-12,14-15,26H,2-9,13,16-21H2,1H3/q+1. The van der Waals surface area contributed by atoms with Crippen LogP contribution < -0.4 is 0 Å². The van der Waals surface area contributed by atoms with Crippen molar-refractivity contribution >= 4 is 5.84 Å². The third-order valence-corrected chi connectivity index (χ3v) is 5.79. The number of benzene rings is 1. The number of amidine groups is 1. The number of aliphatic hydroxyl groups is 1. The molecule has 0 aliphatic carbocycles. The highest BCUT2D eigenvalue weighted by molar-refractivity contribution is 5.79. The Bertz CT molecular complexity index is 514. The van der Waals surface area contributed by atoms with E-state index in [2.05, 4.69) is 37.3 Å². The molecule has 1 heterocycles. The monoisotopic (exact) mass is 359 g/mol. The van der Waals surface area contributed by atoms with Gasteiger partial charge in [0.2, 0.25) is 5.84 Å². The smallest absolute Gasteiger partial charge is 0.202 e. The highest BCUT2D eigenvalue weighted by atomic mass is 16.3. The molecule has 1 aromatic carbocycles. The molecular formula is C23H39N2O+. The summed E-state index contributed by atoms with van der Waals surface area (Å²) in [6, 6.07) is 10.6. The molecule has 26 heavy (non-hydrogen) atoms. The van der Waals surface area contributed by atoms with Crippen molar-refractivity contribution in [3.8, 4) is 0 Å². The third-order valence-electron chi connectivity index (χ3n) is 5.79. The molecule has 1 N–H and O–H groups in total. The van der Waals surface area contributed by atoms with Crippen molar-refractivity contribution in [1.29, 1.82) is 0 Å². The van der Waals surface area contributed by atoms with Crippen LogP contribution in [0.1, 0.15) is 70.3 Å². The van der Waals surface area contributed by atoms with E-state index in [-0.39, 0.29) is 6.61 Å². The highest BCUT2D eigenvalue weighted by Crippen LogP contribution is 2.21. The molecule has 0 amide bonds. The molecule has 146 valence electrons. The van der Waals surface area contributed by atoms with Crippen LogP contribution >= 0.6 is 0 Å². The van der Waals surface area contributed by atoms with Gasteiger partial charge < -0.3 is 5.11 Å². The predicted molar refractivity (Wildman–Crippen MR) is 112 cm³/mol. The van der Waals surface area contributed by atoms with Gasteiger partial charge >= 0.3 is 0 Å². The van der Waals surface area contributed by atoms with Crippen LogP contribution in [0.2, 0.25) is 0 Å². The summed E-state index contributed by atoms with van der Waals surface area (Å²) >= 11 is 0. The quantitative estimate of drug-likeness (QED) is 0.369. The summed E-state index contributed by atoms with van der Waals surface area (Å²) in [5.74, 6) is 1.28. The van der Waals surface area contributed by atoms with Gasteiger partial charge in [0.1, 0.15) is 13.1 Å². The van der Waals surface area contributed by atoms with Gasteiger partial charge in [0.25, 0.3) is 0 Å². The second kappa shape index (κ2) is 12.2. The van der Waals surface area contributed by atoms with Gasteiger partial charge in [-0.15, -0.1) is 0 Å². The highest BCUT2D eigenvalue weighted by Gasteiger charge is 2.36. The van der Waals surface area contributed by atoms with Crippen LogP contribution in [-0.2, 0) is 6.42 Å². The van der Waals surface area contributed by atoms with Crippen molar-refractivity contribution in [2.24, 2.45) is 4.99 Å². The first-order valence-electron chi connectivity index (χ1n) is 10.9. The Hall–Kier alpha value is -1.19. The molecule has 1 aromatic rings. The summed E-state index contributed by atoms with van der Waals surface area (Å²) in [5.41, 5.74) is 1.33. The maximum absolute atomic E-state index is 9.65. The zero-order chi connectivity index (χ0) is 18.5. The normalized spacial score (nSPS) is 19.7. The van der Waals surface area contributed by atoms with Crippen molar-refractivity contribution in [2.45, 2.75) is 71.1 Å². The number of hydrogen-bond donors (Lipinski definition) is 1. The van der Waals surface area contributed by atoms with E-state index in [1.165, 1.54) is 69.2 Å². The summed E-state index contributed by atoms with van der Waals surface area (Å²) in [7, 11) is 0. The summed E-state index contributed by atoms with van der Waals surface area (Å²) < 4.78 is 0.919. The number of unbranched alkanes of at least 4 members (excludes halogenated alkanes) is 8. The minimum absolute atomic E-state index is 0.255. The lowest BCUT2D eigenvalue weighted by Crippen LogP contribution is -2.53. The van der Waals surface area contributed by atoms with E-state index < -0.39 is 0 Å². The Morgan fingerprint density at radius 3 is 2.19 bits per heavy atom. The summed E-state index contributed by atoms with van der Waals surface area (Å²) in [6.45, 7) is 6.48. The van der Waals surface area contributed by atoms with E-state index in [4.69, 9.17) is 4.99 Å². The van der Waals surface area contributed by atoms with Gasteiger partial charge in [-0.3, -0.25) is 4.48 Å². The topological polar surface area (TPSA) is 32.6 Å². The largest absolute Gasteiger partial charge is 0.390 e. The van der Waals surface area contributed by atoms with Crippen molar-refractivity contribution in [3.05, 3.63) is 35.9 Å². The van der Waals surface area contributed by atoms with E-state index >= 15 is 0 Å². The van der Waals surface area contributed by atoms with Crippen LogP contribution in [-0.4, -0.2) is 48.2 Å². The molecule has 0 saturated heterocycles. The average Bonchev–Trinajstić information content (AvgIpc) is 3.04. The third kappa shape index (κ3) is 6.85. The van der Waals surface area contributed by atoms with Crippen LogP contribution in [0.25, 0.3) is 0 Å². The van der Waals surface area contributed by atoms with Crippen molar-refractivity contribution in [1.82, 2.24) is 0 Å². The van der Waals surface area contributed by atoms with Gasteiger partial charge in [-0.05, 0) is 18.4 Å². The summed E-state index contributed by atoms with van der Waals surface area (Å²) in [4.78, 5) is 4.84. The molecular weight excluding hydrogens is 320 g/mol. The van der Waals surface area contributed by atoms with Gasteiger partial charge in [-0.2, -0.15) is 0 Å². The second-order valence-electron chi connectivity index (χ2n) is 7.83. The van der Waals surface area contributed by atoms with Crippen LogP contribution in [0.5, 0.6) is 0 Å². The molecule has 3 heteroatoms. The van der Waals surface area contributed by atoms with E-state index in [1.807, 2.05) is 0 Å². The van der Waals surface area contributed by atoms with Gasteiger partial charge in [0.05, 0.1) is 26.1 Å². The van der Waals surface area contributed by atoms with E-state index in [0.717, 1.165) is 37.1 Å². The lowest BCUT2D eigenvalue weighted by atomic mass is 10.1. The number of aliphatic hydroxyl groups excluding tert-OH is 1. The molecule has 0 saturated carbocycles. The molecule has 0 spiro atoms. The average molecular weight is 360 g/mol. The predicted octanol–water partition coefficient (Wildman–Crippen LogP) is 4.98. The zero-order valence-corrected chi connectivity index (χ0v) is 16.8. The van der Waals surface area contributed by atoms with Crippen LogP contribution in [0.3, 0.4) is 0 Å². The summed E-state index contributed by atoms with van der Waals surface area (Å²) in [5, 5.41) is 9.65. The minimum Gasteiger partial charge on any atom is -0.390 e. The van der Waals surface area contributed by atoms with Crippen molar-refractivity contribution < 1.29 is 9.59 Å². The molecule has 0 bridgehead atoms. The first-order valence-corrected chi connectivity index (χ1v) is 10.9. The number of nitrogens with zero attached hydrogens (tertiary/aromatic N) is 2. The lowest BCUT2D eigenvalue weighted by Gasteiger charge is -2.34. The first kappa shape index (κ1) is 21.1. The fourth-order valence-corrected chi connectivity index (χ4v) is 4.16. The van der Waals surface area contributed by atoms with Gasteiger partial charge in [0.15, 0.2) is 0 Å². The maximum atomic E-state index is 9.65. The van der Waals surface area contributed by atoms with Crippen LogP contribution in [0, 0.1) is 0 Å². The number of quaternary nitrogens is 1. The molecule has 0 fully saturated rings. The van der Waals surface area contributed by atoms with Gasteiger partial charge in [-0.25, -0.2) is 4.99 Å². The van der Waals surface area contributed by atoms with Gasteiger partial charge in [0, 0.05) is 0 Å². The molecule has 1 aliphatic heterocycles. The Labute approximate surface area is 160 Å². The number of rotatable bonds is 14. The van der Waals surface area contributed by atoms with Crippen LogP contribution in [0.15, 0.2) is 35.3 Å². The van der Waals surface area contributed by atoms with Crippen molar-refractivity contribution in [2.75, 3.05) is 32.8 Å². The zero-order valence-electron chi connectivity index (χ0n) is 16.8. The molecule has 2 rings (SSSR count). The van der Waals surface area contributed by atoms with E-state index in [0.29, 0.717) is 0 Å². The van der Waals surface area contributed by atoms with E-state index in [1.54, 1.807) is 0 Å². The fraction of sp³-hybridized carbons (Fsp3) is 0.696. The molecule has 1 aliphatic rings. The van der Waals surface area contributed by atoms with Gasteiger partial charge in [-0.1, -0.05) is 82.2 Å². The molecule has 3 nitrogen and oxygen atoms in total. The SMILES string of the molecule is CCCCCCCCCCC[N+]1(CCO)CCN=C1Cc1ccccc1. The van der Waals surface area contributed by atoms with Crippen LogP contribution in [0.4, 0.5) is 0 Å². The molecule has 1 atom stereocenters. The van der Waals surface area contributed by atoms with E-state index in [9.17, 15) is 5.11 Å². The number of aliphatic imine (C=N–C) groups is 1. The Morgan fingerprint density at radius 1 is 0.885 bits per heavy atom. The Morgan fingerprint density at radius 2 is 1.54 bits per heavy atom. The maximum Gasteiger partial charge on any atom is 0.202 e. The Balaban J connectivity index is 1.75. The first-order chi connectivity index (χ1) is 12.8. The minimum atomic E-state index is 0.255.